The second-order valence-corrected chi connectivity index (χ2v) is 7.30. The van der Waals surface area contributed by atoms with Gasteiger partial charge in [0.25, 0.3) is 0 Å². The van der Waals surface area contributed by atoms with E-state index in [0.29, 0.717) is 17.9 Å². The zero-order valence-electron chi connectivity index (χ0n) is 14.1. The molecule has 1 aromatic rings. The van der Waals surface area contributed by atoms with Gasteiger partial charge in [-0.25, -0.2) is 0 Å². The van der Waals surface area contributed by atoms with Crippen LogP contribution in [0.15, 0.2) is 24.3 Å². The van der Waals surface area contributed by atoms with Crippen LogP contribution in [0.1, 0.15) is 58.4 Å². The van der Waals surface area contributed by atoms with Crippen molar-refractivity contribution in [3.05, 3.63) is 29.8 Å². The van der Waals surface area contributed by atoms with Gasteiger partial charge >= 0.3 is 0 Å². The number of rotatable bonds is 5. The molecule has 0 spiro atoms. The van der Waals surface area contributed by atoms with Gasteiger partial charge in [-0.15, -0.1) is 0 Å². The third kappa shape index (κ3) is 4.49. The predicted octanol–water partition coefficient (Wildman–Crippen LogP) is 4.05. The molecule has 3 nitrogen and oxygen atoms in total. The molecule has 0 unspecified atom stereocenters. The molecular weight excluding hydrogens is 274 g/mol. The van der Waals surface area contributed by atoms with E-state index in [9.17, 15) is 9.90 Å². The number of amides is 1. The van der Waals surface area contributed by atoms with Crippen molar-refractivity contribution in [2.75, 3.05) is 0 Å². The van der Waals surface area contributed by atoms with Gasteiger partial charge in [0.15, 0.2) is 0 Å². The maximum Gasteiger partial charge on any atom is 0.224 e. The summed E-state index contributed by atoms with van der Waals surface area (Å²) in [5, 5.41) is 12.4. The van der Waals surface area contributed by atoms with Crippen LogP contribution >= 0.6 is 0 Å². The van der Waals surface area contributed by atoms with Crippen LogP contribution in [0.25, 0.3) is 0 Å². The summed E-state index contributed by atoms with van der Waals surface area (Å²) in [7, 11) is 0. The second kappa shape index (κ2) is 7.17. The number of benzene rings is 1. The van der Waals surface area contributed by atoms with Crippen LogP contribution in [0.4, 0.5) is 0 Å². The first-order valence-corrected chi connectivity index (χ1v) is 8.48. The standard InChI is InChI=1S/C19H29NO2/c1-4-19(2,3)15-7-9-16(10-8-15)20-18(22)13-14-5-11-17(21)12-6-14/h5-6,11-12,15-16,21H,4,7-10,13H2,1-3H3,(H,20,22). The highest BCUT2D eigenvalue weighted by atomic mass is 16.3. The molecule has 0 saturated heterocycles. The Kier molecular flexibility index (Phi) is 5.49. The molecule has 0 atom stereocenters. The van der Waals surface area contributed by atoms with Crippen LogP contribution in [0.5, 0.6) is 5.75 Å². The number of hydrogen-bond acceptors (Lipinski definition) is 2. The quantitative estimate of drug-likeness (QED) is 0.862. The Morgan fingerprint density at radius 3 is 2.32 bits per heavy atom. The molecule has 1 saturated carbocycles. The Morgan fingerprint density at radius 1 is 1.18 bits per heavy atom. The predicted molar refractivity (Wildman–Crippen MR) is 89.8 cm³/mol. The minimum Gasteiger partial charge on any atom is -0.508 e. The van der Waals surface area contributed by atoms with Crippen molar-refractivity contribution in [1.29, 1.82) is 0 Å². The fraction of sp³-hybridized carbons (Fsp3) is 0.632. The Labute approximate surface area is 134 Å². The fourth-order valence-electron chi connectivity index (χ4n) is 3.39. The smallest absolute Gasteiger partial charge is 0.224 e. The minimum absolute atomic E-state index is 0.0869. The molecule has 0 bridgehead atoms. The van der Waals surface area contributed by atoms with Gasteiger partial charge in [-0.2, -0.15) is 0 Å². The highest BCUT2D eigenvalue weighted by Gasteiger charge is 2.32. The van der Waals surface area contributed by atoms with Crippen molar-refractivity contribution >= 4 is 5.91 Å². The van der Waals surface area contributed by atoms with Crippen molar-refractivity contribution in [1.82, 2.24) is 5.32 Å². The van der Waals surface area contributed by atoms with E-state index in [4.69, 9.17) is 0 Å². The molecule has 1 aliphatic rings. The molecule has 0 radical (unpaired) electrons. The number of aromatic hydroxyl groups is 1. The van der Waals surface area contributed by atoms with Gasteiger partial charge in [0.1, 0.15) is 5.75 Å². The average molecular weight is 303 g/mol. The van der Waals surface area contributed by atoms with Gasteiger partial charge in [0.05, 0.1) is 6.42 Å². The average Bonchev–Trinajstić information content (AvgIpc) is 2.50. The van der Waals surface area contributed by atoms with Gasteiger partial charge in [-0.3, -0.25) is 4.79 Å². The number of phenols is 1. The van der Waals surface area contributed by atoms with Gasteiger partial charge in [0, 0.05) is 6.04 Å². The van der Waals surface area contributed by atoms with Crippen LogP contribution in [0, 0.1) is 11.3 Å². The molecule has 1 aromatic carbocycles. The van der Waals surface area contributed by atoms with Gasteiger partial charge in [-0.1, -0.05) is 39.3 Å². The lowest BCUT2D eigenvalue weighted by Gasteiger charge is -2.39. The highest BCUT2D eigenvalue weighted by molar-refractivity contribution is 5.78. The summed E-state index contributed by atoms with van der Waals surface area (Å²) < 4.78 is 0. The molecule has 1 fully saturated rings. The minimum atomic E-state index is 0.0869. The topological polar surface area (TPSA) is 49.3 Å². The second-order valence-electron chi connectivity index (χ2n) is 7.30. The molecule has 3 heteroatoms. The third-order valence-electron chi connectivity index (χ3n) is 5.41. The van der Waals surface area contributed by atoms with E-state index in [1.54, 1.807) is 24.3 Å². The van der Waals surface area contributed by atoms with E-state index in [0.717, 1.165) is 24.3 Å². The zero-order chi connectivity index (χ0) is 16.2. The maximum atomic E-state index is 12.1. The van der Waals surface area contributed by atoms with Crippen molar-refractivity contribution in [2.45, 2.75) is 65.3 Å². The fourth-order valence-corrected chi connectivity index (χ4v) is 3.39. The van der Waals surface area contributed by atoms with Crippen LogP contribution in [-0.2, 0) is 11.2 Å². The summed E-state index contributed by atoms with van der Waals surface area (Å²) in [4.78, 5) is 12.1. The van der Waals surface area contributed by atoms with Crippen molar-refractivity contribution in [2.24, 2.45) is 11.3 Å². The van der Waals surface area contributed by atoms with E-state index in [1.807, 2.05) is 0 Å². The van der Waals surface area contributed by atoms with E-state index < -0.39 is 0 Å². The van der Waals surface area contributed by atoms with E-state index in [-0.39, 0.29) is 11.7 Å². The summed E-state index contributed by atoms with van der Waals surface area (Å²) in [6, 6.07) is 7.18. The first-order chi connectivity index (χ1) is 10.4. The summed E-state index contributed by atoms with van der Waals surface area (Å²) >= 11 is 0. The van der Waals surface area contributed by atoms with E-state index in [2.05, 4.69) is 26.1 Å². The first-order valence-electron chi connectivity index (χ1n) is 8.48. The third-order valence-corrected chi connectivity index (χ3v) is 5.41. The Bertz CT molecular complexity index is 485. The Morgan fingerprint density at radius 2 is 1.77 bits per heavy atom. The van der Waals surface area contributed by atoms with E-state index in [1.165, 1.54) is 19.3 Å². The van der Waals surface area contributed by atoms with Crippen molar-refractivity contribution in [3.63, 3.8) is 0 Å². The molecule has 0 aromatic heterocycles. The number of carbonyl (C=O) groups is 1. The molecule has 1 aliphatic carbocycles. The SMILES string of the molecule is CCC(C)(C)C1CCC(NC(=O)Cc2ccc(O)cc2)CC1. The normalized spacial score (nSPS) is 22.3. The highest BCUT2D eigenvalue weighted by Crippen LogP contribution is 2.40. The summed E-state index contributed by atoms with van der Waals surface area (Å²) in [5.74, 6) is 1.10. The van der Waals surface area contributed by atoms with Crippen molar-refractivity contribution < 1.29 is 9.90 Å². The van der Waals surface area contributed by atoms with Gasteiger partial charge in [0.2, 0.25) is 5.91 Å². The van der Waals surface area contributed by atoms with Crippen molar-refractivity contribution in [3.8, 4) is 5.75 Å². The summed E-state index contributed by atoms with van der Waals surface area (Å²) in [6.45, 7) is 6.99. The number of nitrogens with one attached hydrogen (secondary N) is 1. The monoisotopic (exact) mass is 303 g/mol. The lowest BCUT2D eigenvalue weighted by molar-refractivity contribution is -0.121. The molecule has 22 heavy (non-hydrogen) atoms. The molecular formula is C19H29NO2. The number of carbonyl (C=O) groups excluding carboxylic acids is 1. The molecule has 2 rings (SSSR count). The summed E-state index contributed by atoms with van der Waals surface area (Å²) in [6.07, 6.45) is 6.22. The Balaban J connectivity index is 1.78. The largest absolute Gasteiger partial charge is 0.508 e. The maximum absolute atomic E-state index is 12.1. The molecule has 0 aliphatic heterocycles. The van der Waals surface area contributed by atoms with Crippen LogP contribution in [0.3, 0.4) is 0 Å². The lowest BCUT2D eigenvalue weighted by atomic mass is 9.69. The Hall–Kier alpha value is -1.51. The summed E-state index contributed by atoms with van der Waals surface area (Å²) in [5.41, 5.74) is 1.36. The molecule has 2 N–H and O–H groups in total. The zero-order valence-corrected chi connectivity index (χ0v) is 14.1. The van der Waals surface area contributed by atoms with Crippen LogP contribution in [0.2, 0.25) is 0 Å². The van der Waals surface area contributed by atoms with Gasteiger partial charge < -0.3 is 10.4 Å². The number of hydrogen-bond donors (Lipinski definition) is 2. The van der Waals surface area contributed by atoms with Crippen LogP contribution < -0.4 is 5.32 Å². The lowest BCUT2D eigenvalue weighted by Crippen LogP contribution is -2.40. The number of phenolic OH excluding ortho intramolecular Hbond substituents is 1. The van der Waals surface area contributed by atoms with Crippen LogP contribution in [-0.4, -0.2) is 17.1 Å². The molecule has 1 amide bonds. The first kappa shape index (κ1) is 16.9. The van der Waals surface area contributed by atoms with E-state index >= 15 is 0 Å². The van der Waals surface area contributed by atoms with Gasteiger partial charge in [-0.05, 0) is 54.7 Å². The molecule has 122 valence electrons. The molecule has 0 heterocycles.